The molecule has 0 aromatic heterocycles. The molecule has 0 saturated carbocycles. The molecule has 0 radical (unpaired) electrons. The molecule has 0 bridgehead atoms. The smallest absolute Gasteiger partial charge is 0.305 e. The fourth-order valence-corrected chi connectivity index (χ4v) is 1.35. The van der Waals surface area contributed by atoms with Crippen LogP contribution in [0.1, 0.15) is 44.9 Å². The summed E-state index contributed by atoms with van der Waals surface area (Å²) in [6.07, 6.45) is 9.21. The molecule has 0 aliphatic carbocycles. The average Bonchev–Trinajstić information content (AvgIpc) is 2.21. The summed E-state index contributed by atoms with van der Waals surface area (Å²) in [6, 6.07) is 0. The van der Waals surface area contributed by atoms with E-state index in [1.54, 1.807) is 5.54 Å². The third-order valence-electron chi connectivity index (χ3n) is 2.07. The van der Waals surface area contributed by atoms with E-state index < -0.39 is 0 Å². The predicted octanol–water partition coefficient (Wildman–Crippen LogP) is 3.64. The van der Waals surface area contributed by atoms with Crippen molar-refractivity contribution >= 4 is 17.6 Å². The van der Waals surface area contributed by atoms with Crippen molar-refractivity contribution in [3.8, 4) is 0 Å². The fourth-order valence-electron chi connectivity index (χ4n) is 1.23. The largest absolute Gasteiger partial charge is 0.469 e. The normalized spacial score (nSPS) is 10.7. The van der Waals surface area contributed by atoms with Crippen LogP contribution in [0.25, 0.3) is 0 Å². The van der Waals surface area contributed by atoms with E-state index in [-0.39, 0.29) is 5.97 Å². The second-order valence-electron chi connectivity index (χ2n) is 3.24. The molecule has 0 aliphatic rings. The third kappa shape index (κ3) is 9.59. The van der Waals surface area contributed by atoms with Crippen LogP contribution in [0.3, 0.4) is 0 Å². The summed E-state index contributed by atoms with van der Waals surface area (Å²) < 4.78 is 4.55. The lowest BCUT2D eigenvalue weighted by molar-refractivity contribution is -0.140. The number of halogens is 1. The van der Waals surface area contributed by atoms with Gasteiger partial charge in [-0.1, -0.05) is 36.9 Å². The molecule has 0 aromatic rings. The third-order valence-corrected chi connectivity index (χ3v) is 2.25. The summed E-state index contributed by atoms with van der Waals surface area (Å²) >= 11 is 5.38. The molecule has 3 heteroatoms. The van der Waals surface area contributed by atoms with Crippen molar-refractivity contribution in [3.05, 3.63) is 11.6 Å². The molecule has 0 aromatic carbocycles. The van der Waals surface area contributed by atoms with Crippen molar-refractivity contribution < 1.29 is 9.53 Å². The molecule has 0 amide bonds. The Hall–Kier alpha value is -0.500. The van der Waals surface area contributed by atoms with E-state index in [0.29, 0.717) is 6.42 Å². The van der Waals surface area contributed by atoms with Gasteiger partial charge < -0.3 is 4.74 Å². The summed E-state index contributed by atoms with van der Waals surface area (Å²) in [5.74, 6) is -0.102. The first-order valence-corrected chi connectivity index (χ1v) is 5.57. The van der Waals surface area contributed by atoms with E-state index in [0.717, 1.165) is 19.3 Å². The maximum absolute atomic E-state index is 10.7. The summed E-state index contributed by atoms with van der Waals surface area (Å²) in [5.41, 5.74) is 1.57. The van der Waals surface area contributed by atoms with Gasteiger partial charge in [0.05, 0.1) is 7.11 Å². The van der Waals surface area contributed by atoms with Crippen LogP contribution in [0.15, 0.2) is 11.6 Å². The summed E-state index contributed by atoms with van der Waals surface area (Å²) in [6.45, 7) is 0. The molecule has 0 spiro atoms. The van der Waals surface area contributed by atoms with Gasteiger partial charge in [0.1, 0.15) is 0 Å². The molecule has 0 atom stereocenters. The topological polar surface area (TPSA) is 26.3 Å². The van der Waals surface area contributed by atoms with Crippen molar-refractivity contribution in [3.63, 3.8) is 0 Å². The van der Waals surface area contributed by atoms with Crippen molar-refractivity contribution in [1.82, 2.24) is 0 Å². The van der Waals surface area contributed by atoms with Gasteiger partial charge in [-0.05, 0) is 19.3 Å². The van der Waals surface area contributed by atoms with Gasteiger partial charge in [-0.25, -0.2) is 0 Å². The Morgan fingerprint density at radius 1 is 1.21 bits per heavy atom. The Balaban J connectivity index is 3.02. The number of rotatable bonds is 8. The zero-order chi connectivity index (χ0) is 10.6. The molecule has 82 valence electrons. The van der Waals surface area contributed by atoms with Gasteiger partial charge in [0.25, 0.3) is 0 Å². The minimum atomic E-state index is -0.102. The number of esters is 1. The first kappa shape index (κ1) is 13.5. The maximum atomic E-state index is 10.7. The Labute approximate surface area is 91.3 Å². The van der Waals surface area contributed by atoms with Crippen LogP contribution < -0.4 is 0 Å². The van der Waals surface area contributed by atoms with E-state index in [1.807, 2.05) is 6.08 Å². The standard InChI is InChI=1S/C11H19ClO2/c1-14-11(13)9-7-5-3-2-4-6-8-10-12/h8,10H,2-7,9H2,1H3/b10-8-. The number of hydrogen-bond donors (Lipinski definition) is 0. The van der Waals surface area contributed by atoms with E-state index >= 15 is 0 Å². The van der Waals surface area contributed by atoms with Gasteiger partial charge >= 0.3 is 5.97 Å². The maximum Gasteiger partial charge on any atom is 0.305 e. The van der Waals surface area contributed by atoms with Crippen LogP contribution in [-0.4, -0.2) is 13.1 Å². The van der Waals surface area contributed by atoms with Gasteiger partial charge in [0, 0.05) is 12.0 Å². The quantitative estimate of drug-likeness (QED) is 0.459. The highest BCUT2D eigenvalue weighted by atomic mass is 35.5. The number of ether oxygens (including phenoxy) is 1. The fraction of sp³-hybridized carbons (Fsp3) is 0.727. The number of carbonyl (C=O) groups is 1. The monoisotopic (exact) mass is 218 g/mol. The second kappa shape index (κ2) is 10.6. The Morgan fingerprint density at radius 2 is 1.86 bits per heavy atom. The summed E-state index contributed by atoms with van der Waals surface area (Å²) in [7, 11) is 1.43. The van der Waals surface area contributed by atoms with Gasteiger partial charge in [-0.15, -0.1) is 0 Å². The summed E-state index contributed by atoms with van der Waals surface area (Å²) in [4.78, 5) is 10.7. The molecule has 0 fully saturated rings. The van der Waals surface area contributed by atoms with E-state index in [2.05, 4.69) is 4.74 Å². The zero-order valence-corrected chi connectivity index (χ0v) is 9.55. The number of hydrogen-bond acceptors (Lipinski definition) is 2. The number of carbonyl (C=O) groups excluding carboxylic acids is 1. The van der Waals surface area contributed by atoms with Crippen molar-refractivity contribution in [2.75, 3.05) is 7.11 Å². The number of allylic oxidation sites excluding steroid dienone is 1. The van der Waals surface area contributed by atoms with E-state index in [9.17, 15) is 4.79 Å². The first-order chi connectivity index (χ1) is 6.81. The highest BCUT2D eigenvalue weighted by Crippen LogP contribution is 2.08. The van der Waals surface area contributed by atoms with Gasteiger partial charge in [0.2, 0.25) is 0 Å². The van der Waals surface area contributed by atoms with Gasteiger partial charge in [-0.3, -0.25) is 4.79 Å². The molecule has 0 rings (SSSR count). The molecule has 0 aliphatic heterocycles. The van der Waals surface area contributed by atoms with Crippen LogP contribution in [0, 0.1) is 0 Å². The first-order valence-electron chi connectivity index (χ1n) is 5.13. The minimum Gasteiger partial charge on any atom is -0.469 e. The van der Waals surface area contributed by atoms with E-state index in [1.165, 1.54) is 26.4 Å². The predicted molar refractivity (Wildman–Crippen MR) is 59.3 cm³/mol. The Kier molecular flexibility index (Phi) is 10.2. The van der Waals surface area contributed by atoms with Crippen LogP contribution in [0.2, 0.25) is 0 Å². The Bertz CT molecular complexity index is 167. The highest BCUT2D eigenvalue weighted by molar-refractivity contribution is 6.25. The minimum absolute atomic E-state index is 0.102. The lowest BCUT2D eigenvalue weighted by Gasteiger charge is -1.99. The SMILES string of the molecule is COC(=O)CCCCCCC/C=C\Cl. The van der Waals surface area contributed by atoms with Crippen molar-refractivity contribution in [2.45, 2.75) is 44.9 Å². The number of methoxy groups -OCH3 is 1. The second-order valence-corrected chi connectivity index (χ2v) is 3.50. The van der Waals surface area contributed by atoms with Crippen LogP contribution in [0.4, 0.5) is 0 Å². The lowest BCUT2D eigenvalue weighted by Crippen LogP contribution is -1.98. The highest BCUT2D eigenvalue weighted by Gasteiger charge is 1.98. The lowest BCUT2D eigenvalue weighted by atomic mass is 10.1. The Morgan fingerprint density at radius 3 is 2.50 bits per heavy atom. The molecule has 0 N–H and O–H groups in total. The molecule has 0 heterocycles. The number of unbranched alkanes of at least 4 members (excludes halogenated alkanes) is 5. The van der Waals surface area contributed by atoms with Gasteiger partial charge in [-0.2, -0.15) is 0 Å². The molecular weight excluding hydrogens is 200 g/mol. The molecular formula is C11H19ClO2. The zero-order valence-electron chi connectivity index (χ0n) is 8.80. The van der Waals surface area contributed by atoms with Crippen molar-refractivity contribution in [2.24, 2.45) is 0 Å². The van der Waals surface area contributed by atoms with Crippen LogP contribution >= 0.6 is 11.6 Å². The average molecular weight is 219 g/mol. The molecule has 0 unspecified atom stereocenters. The van der Waals surface area contributed by atoms with Crippen molar-refractivity contribution in [1.29, 1.82) is 0 Å². The molecule has 2 nitrogen and oxygen atoms in total. The van der Waals surface area contributed by atoms with Gasteiger partial charge in [0.15, 0.2) is 0 Å². The van der Waals surface area contributed by atoms with E-state index in [4.69, 9.17) is 11.6 Å². The van der Waals surface area contributed by atoms with Crippen LogP contribution in [0.5, 0.6) is 0 Å². The molecule has 0 saturated heterocycles. The summed E-state index contributed by atoms with van der Waals surface area (Å²) in [5, 5.41) is 0. The van der Waals surface area contributed by atoms with Crippen LogP contribution in [-0.2, 0) is 9.53 Å². The molecule has 14 heavy (non-hydrogen) atoms.